The highest BCUT2D eigenvalue weighted by atomic mass is 79.9. The molecule has 0 amide bonds. The van der Waals surface area contributed by atoms with E-state index in [0.29, 0.717) is 0 Å². The molecule has 2 aromatic rings. The first-order chi connectivity index (χ1) is 10.1. The van der Waals surface area contributed by atoms with Crippen molar-refractivity contribution < 1.29 is 5.11 Å². The molecule has 112 valence electrons. The second-order valence-electron chi connectivity index (χ2n) is 5.36. The van der Waals surface area contributed by atoms with Gasteiger partial charge in [0.05, 0.1) is 6.04 Å². The Labute approximate surface area is 134 Å². The van der Waals surface area contributed by atoms with Gasteiger partial charge in [-0.1, -0.05) is 29.8 Å². The molecule has 0 bridgehead atoms. The Bertz CT molecular complexity index is 571. The second kappa shape index (κ2) is 7.69. The minimum absolute atomic E-state index is 0.0668. The summed E-state index contributed by atoms with van der Waals surface area (Å²) < 4.78 is 0.966. The van der Waals surface area contributed by atoms with E-state index in [1.807, 2.05) is 6.20 Å². The summed E-state index contributed by atoms with van der Waals surface area (Å²) >= 11 is 3.48. The number of nitrogens with one attached hydrogen (secondary N) is 1. The molecule has 2 atom stereocenters. The van der Waals surface area contributed by atoms with Crippen LogP contribution < -0.4 is 5.32 Å². The molecule has 0 saturated carbocycles. The Kier molecular flexibility index (Phi) is 5.91. The van der Waals surface area contributed by atoms with Gasteiger partial charge in [-0.25, -0.2) is 0 Å². The fraction of sp³-hybridized carbons (Fsp3) is 0.353. The summed E-state index contributed by atoms with van der Waals surface area (Å²) in [6.45, 7) is 4.36. The van der Waals surface area contributed by atoms with Crippen molar-refractivity contribution in [3.63, 3.8) is 0 Å². The van der Waals surface area contributed by atoms with Gasteiger partial charge in [0.25, 0.3) is 0 Å². The van der Waals surface area contributed by atoms with Crippen LogP contribution in [0.15, 0.2) is 47.2 Å². The first-order valence-electron chi connectivity index (χ1n) is 7.14. The second-order valence-corrected chi connectivity index (χ2v) is 6.28. The summed E-state index contributed by atoms with van der Waals surface area (Å²) in [6, 6.07) is 10.9. The lowest BCUT2D eigenvalue weighted by Crippen LogP contribution is -2.32. The number of hydrogen-bond acceptors (Lipinski definition) is 3. The zero-order valence-corrected chi connectivity index (χ0v) is 14.0. The third kappa shape index (κ3) is 4.63. The molecule has 0 aliphatic rings. The van der Waals surface area contributed by atoms with Crippen molar-refractivity contribution in [2.24, 2.45) is 0 Å². The Balaban J connectivity index is 2.31. The van der Waals surface area contributed by atoms with Gasteiger partial charge in [-0.3, -0.25) is 4.98 Å². The lowest BCUT2D eigenvalue weighted by atomic mass is 9.98. The van der Waals surface area contributed by atoms with Crippen molar-refractivity contribution in [2.75, 3.05) is 6.61 Å². The highest BCUT2D eigenvalue weighted by Gasteiger charge is 2.17. The summed E-state index contributed by atoms with van der Waals surface area (Å²) in [6.07, 6.45) is 4.39. The summed E-state index contributed by atoms with van der Waals surface area (Å²) in [4.78, 5) is 4.27. The molecular weight excluding hydrogens is 328 g/mol. The van der Waals surface area contributed by atoms with Crippen LogP contribution in [-0.4, -0.2) is 22.7 Å². The minimum atomic E-state index is 0.0668. The zero-order chi connectivity index (χ0) is 15.2. The zero-order valence-electron chi connectivity index (χ0n) is 12.4. The van der Waals surface area contributed by atoms with Crippen LogP contribution in [0, 0.1) is 6.92 Å². The summed E-state index contributed by atoms with van der Waals surface area (Å²) in [5.41, 5.74) is 3.55. The van der Waals surface area contributed by atoms with Crippen molar-refractivity contribution in [3.05, 3.63) is 63.9 Å². The molecule has 21 heavy (non-hydrogen) atoms. The first kappa shape index (κ1) is 16.1. The van der Waals surface area contributed by atoms with E-state index < -0.39 is 0 Å². The van der Waals surface area contributed by atoms with Crippen molar-refractivity contribution in [2.45, 2.75) is 32.4 Å². The van der Waals surface area contributed by atoms with Crippen molar-refractivity contribution in [1.82, 2.24) is 10.3 Å². The molecule has 2 N–H and O–H groups in total. The number of rotatable bonds is 6. The molecule has 2 rings (SSSR count). The highest BCUT2D eigenvalue weighted by molar-refractivity contribution is 9.10. The number of pyridine rings is 1. The topological polar surface area (TPSA) is 45.1 Å². The summed E-state index contributed by atoms with van der Waals surface area (Å²) in [5, 5.41) is 12.7. The van der Waals surface area contributed by atoms with Gasteiger partial charge in [0.1, 0.15) is 0 Å². The predicted octanol–water partition coefficient (Wildman–Crippen LogP) is 3.60. The van der Waals surface area contributed by atoms with E-state index in [0.717, 1.165) is 16.5 Å². The number of aliphatic hydroxyl groups is 1. The Morgan fingerprint density at radius 1 is 1.19 bits per heavy atom. The average molecular weight is 349 g/mol. The van der Waals surface area contributed by atoms with Gasteiger partial charge in [-0.15, -0.1) is 0 Å². The van der Waals surface area contributed by atoms with Gasteiger partial charge < -0.3 is 10.4 Å². The van der Waals surface area contributed by atoms with Crippen LogP contribution in [0.5, 0.6) is 0 Å². The molecule has 0 aliphatic carbocycles. The van der Waals surface area contributed by atoms with E-state index in [1.54, 1.807) is 6.20 Å². The minimum Gasteiger partial charge on any atom is -0.396 e. The fourth-order valence-corrected chi connectivity index (χ4v) is 2.67. The van der Waals surface area contributed by atoms with Crippen LogP contribution in [0.2, 0.25) is 0 Å². The maximum atomic E-state index is 9.11. The van der Waals surface area contributed by atoms with Crippen LogP contribution in [-0.2, 0) is 0 Å². The maximum absolute atomic E-state index is 9.11. The molecule has 0 radical (unpaired) electrons. The van der Waals surface area contributed by atoms with E-state index in [4.69, 9.17) is 5.11 Å². The average Bonchev–Trinajstić information content (AvgIpc) is 2.46. The molecule has 0 saturated heterocycles. The third-order valence-corrected chi connectivity index (χ3v) is 3.92. The van der Waals surface area contributed by atoms with Crippen LogP contribution in [0.25, 0.3) is 0 Å². The lowest BCUT2D eigenvalue weighted by molar-refractivity contribution is 0.266. The summed E-state index contributed by atoms with van der Waals surface area (Å²) in [7, 11) is 0. The molecule has 4 heteroatoms. The molecule has 1 heterocycles. The SMILES string of the molecule is Cc1ccc(C(NC(C)CCO)c2cncc(Br)c2)cc1. The molecule has 0 spiro atoms. The predicted molar refractivity (Wildman–Crippen MR) is 89.3 cm³/mol. The molecular formula is C17H21BrN2O. The molecule has 3 nitrogen and oxygen atoms in total. The number of halogens is 1. The monoisotopic (exact) mass is 348 g/mol. The van der Waals surface area contributed by atoms with Crippen LogP contribution >= 0.6 is 15.9 Å². The number of aromatic nitrogens is 1. The lowest BCUT2D eigenvalue weighted by Gasteiger charge is -2.24. The van der Waals surface area contributed by atoms with Crippen molar-refractivity contribution in [3.8, 4) is 0 Å². The number of aliphatic hydroxyl groups excluding tert-OH is 1. The molecule has 0 fully saturated rings. The molecule has 2 unspecified atom stereocenters. The standard InChI is InChI=1S/C17H21BrN2O/c1-12-3-5-14(6-4-12)17(20-13(2)7-8-21)15-9-16(18)11-19-10-15/h3-6,9-11,13,17,20-21H,7-8H2,1-2H3. The van der Waals surface area contributed by atoms with Gasteiger partial charge in [-0.2, -0.15) is 0 Å². The smallest absolute Gasteiger partial charge is 0.0594 e. The molecule has 0 aliphatic heterocycles. The molecule has 1 aromatic carbocycles. The Hall–Kier alpha value is -1.23. The summed E-state index contributed by atoms with van der Waals surface area (Å²) in [5.74, 6) is 0. The Morgan fingerprint density at radius 3 is 2.52 bits per heavy atom. The van der Waals surface area contributed by atoms with E-state index >= 15 is 0 Å². The number of aryl methyl sites for hydroxylation is 1. The van der Waals surface area contributed by atoms with Gasteiger partial charge >= 0.3 is 0 Å². The van der Waals surface area contributed by atoms with Gasteiger partial charge in [0.15, 0.2) is 0 Å². The van der Waals surface area contributed by atoms with Crippen molar-refractivity contribution in [1.29, 1.82) is 0 Å². The molecule has 1 aromatic heterocycles. The fourth-order valence-electron chi connectivity index (χ4n) is 2.29. The normalized spacial score (nSPS) is 13.9. The largest absolute Gasteiger partial charge is 0.396 e. The van der Waals surface area contributed by atoms with Crippen molar-refractivity contribution >= 4 is 15.9 Å². The van der Waals surface area contributed by atoms with E-state index in [1.165, 1.54) is 11.1 Å². The van der Waals surface area contributed by atoms with Crippen LogP contribution in [0.3, 0.4) is 0 Å². The van der Waals surface area contributed by atoms with Crippen LogP contribution in [0.1, 0.15) is 36.1 Å². The van der Waals surface area contributed by atoms with E-state index in [-0.39, 0.29) is 18.7 Å². The maximum Gasteiger partial charge on any atom is 0.0594 e. The van der Waals surface area contributed by atoms with Gasteiger partial charge in [0.2, 0.25) is 0 Å². The van der Waals surface area contributed by atoms with E-state index in [9.17, 15) is 0 Å². The number of benzene rings is 1. The first-order valence-corrected chi connectivity index (χ1v) is 7.93. The number of hydrogen-bond donors (Lipinski definition) is 2. The third-order valence-electron chi connectivity index (χ3n) is 3.48. The Morgan fingerprint density at radius 2 is 1.90 bits per heavy atom. The quantitative estimate of drug-likeness (QED) is 0.838. The van der Waals surface area contributed by atoms with Gasteiger partial charge in [0, 0.05) is 29.5 Å². The number of nitrogens with zero attached hydrogens (tertiary/aromatic N) is 1. The van der Waals surface area contributed by atoms with Gasteiger partial charge in [-0.05, 0) is 53.4 Å². The van der Waals surface area contributed by atoms with E-state index in [2.05, 4.69) is 70.4 Å². The van der Waals surface area contributed by atoms with Crippen LogP contribution in [0.4, 0.5) is 0 Å². The highest BCUT2D eigenvalue weighted by Crippen LogP contribution is 2.25.